The van der Waals surface area contributed by atoms with E-state index in [2.05, 4.69) is 127 Å². The second kappa shape index (κ2) is 8.07. The van der Waals surface area contributed by atoms with Crippen molar-refractivity contribution in [3.63, 3.8) is 0 Å². The number of pyridine rings is 1. The Morgan fingerprint density at radius 1 is 0.636 bits per heavy atom. The number of benzene rings is 4. The quantitative estimate of drug-likeness (QED) is 0.281. The Morgan fingerprint density at radius 3 is 1.97 bits per heavy atom. The second-order valence-electron chi connectivity index (χ2n) is 8.58. The summed E-state index contributed by atoms with van der Waals surface area (Å²) in [6, 6.07) is 40.8. The molecule has 0 amide bonds. The Morgan fingerprint density at radius 2 is 1.27 bits per heavy atom. The molecule has 0 aliphatic rings. The van der Waals surface area contributed by atoms with Crippen LogP contribution in [0, 0.1) is 6.92 Å². The minimum Gasteiger partial charge on any atom is -0.335 e. The third-order valence-electron chi connectivity index (χ3n) is 6.31. The van der Waals surface area contributed by atoms with E-state index >= 15 is 0 Å². The topological polar surface area (TPSA) is 17.8 Å². The van der Waals surface area contributed by atoms with Gasteiger partial charge in [0.15, 0.2) is 0 Å². The molecule has 4 aromatic carbocycles. The number of rotatable bonds is 4. The molecule has 0 spiro atoms. The fourth-order valence-electron chi connectivity index (χ4n) is 4.70. The first-order chi connectivity index (χ1) is 16.3. The summed E-state index contributed by atoms with van der Waals surface area (Å²) in [5, 5.41) is 1.21. The van der Waals surface area contributed by atoms with Gasteiger partial charge in [-0.15, -0.1) is 0 Å². The van der Waals surface area contributed by atoms with Gasteiger partial charge < -0.3 is 4.57 Å². The van der Waals surface area contributed by atoms with Gasteiger partial charge in [0.1, 0.15) is 0 Å². The summed E-state index contributed by atoms with van der Waals surface area (Å²) in [5.74, 6) is 0. The van der Waals surface area contributed by atoms with E-state index in [4.69, 9.17) is 4.98 Å². The predicted molar refractivity (Wildman–Crippen MR) is 138 cm³/mol. The first-order valence-electron chi connectivity index (χ1n) is 11.4. The van der Waals surface area contributed by atoms with Crippen LogP contribution >= 0.6 is 0 Å². The summed E-state index contributed by atoms with van der Waals surface area (Å²) in [4.78, 5) is 5.33. The van der Waals surface area contributed by atoms with Crippen LogP contribution in [0.2, 0.25) is 0 Å². The average Bonchev–Trinajstić information content (AvgIpc) is 3.16. The zero-order chi connectivity index (χ0) is 22.2. The van der Waals surface area contributed by atoms with Crippen LogP contribution in [-0.4, -0.2) is 9.55 Å². The second-order valence-corrected chi connectivity index (χ2v) is 8.58. The minimum absolute atomic E-state index is 0.810. The number of hydrogen-bond donors (Lipinski definition) is 0. The van der Waals surface area contributed by atoms with Crippen LogP contribution in [0.1, 0.15) is 11.1 Å². The molecular weight excluding hydrogens is 400 g/mol. The average molecular weight is 425 g/mol. The summed E-state index contributed by atoms with van der Waals surface area (Å²) in [7, 11) is 0. The summed E-state index contributed by atoms with van der Waals surface area (Å²) in [5.41, 5.74) is 10.5. The van der Waals surface area contributed by atoms with E-state index < -0.39 is 0 Å². The van der Waals surface area contributed by atoms with Gasteiger partial charge in [0, 0.05) is 23.1 Å². The van der Waals surface area contributed by atoms with Gasteiger partial charge in [-0.25, -0.2) is 4.98 Å². The summed E-state index contributed by atoms with van der Waals surface area (Å²) < 4.78 is 2.41. The highest BCUT2D eigenvalue weighted by molar-refractivity contribution is 6.08. The van der Waals surface area contributed by atoms with Crippen molar-refractivity contribution in [2.75, 3.05) is 0 Å². The fraction of sp³-hybridized carbons (Fsp3) is 0.0645. The lowest BCUT2D eigenvalue weighted by Crippen LogP contribution is -2.00. The van der Waals surface area contributed by atoms with Crippen molar-refractivity contribution in [2.45, 2.75) is 13.5 Å². The molecule has 0 fully saturated rings. The Balaban J connectivity index is 1.70. The van der Waals surface area contributed by atoms with E-state index in [0.717, 1.165) is 34.4 Å². The highest BCUT2D eigenvalue weighted by atomic mass is 15.0. The lowest BCUT2D eigenvalue weighted by atomic mass is 9.98. The van der Waals surface area contributed by atoms with Gasteiger partial charge in [0.25, 0.3) is 0 Å². The van der Waals surface area contributed by atoms with Crippen molar-refractivity contribution in [1.29, 1.82) is 0 Å². The maximum Gasteiger partial charge on any atom is 0.0967 e. The molecule has 0 bridgehead atoms. The number of nitrogens with zero attached hydrogens (tertiary/aromatic N) is 2. The van der Waals surface area contributed by atoms with Gasteiger partial charge in [0.05, 0.1) is 22.2 Å². The van der Waals surface area contributed by atoms with Gasteiger partial charge in [-0.1, -0.05) is 103 Å². The minimum atomic E-state index is 0.810. The Bertz CT molecular complexity index is 1560. The van der Waals surface area contributed by atoms with Crippen molar-refractivity contribution >= 4 is 21.9 Å². The lowest BCUT2D eigenvalue weighted by molar-refractivity contribution is 0.868. The standard InChI is InChI=1S/C31H24N2/c1-22-17-18-28-27(19-22)31-29(33(28)21-23-11-5-2-6-12-23)20-26(24-13-7-3-8-14-24)30(32-31)25-15-9-4-10-16-25/h2-20H,21H2,1H3. The summed E-state index contributed by atoms with van der Waals surface area (Å²) in [6.07, 6.45) is 0. The molecule has 0 N–H and O–H groups in total. The largest absolute Gasteiger partial charge is 0.335 e. The van der Waals surface area contributed by atoms with Crippen LogP contribution in [0.25, 0.3) is 44.3 Å². The molecule has 0 saturated heterocycles. The smallest absolute Gasteiger partial charge is 0.0967 e. The Hall–Kier alpha value is -4.17. The van der Waals surface area contributed by atoms with Crippen molar-refractivity contribution in [3.8, 4) is 22.4 Å². The molecule has 2 nitrogen and oxygen atoms in total. The van der Waals surface area contributed by atoms with Crippen molar-refractivity contribution < 1.29 is 0 Å². The van der Waals surface area contributed by atoms with Crippen LogP contribution in [-0.2, 0) is 6.54 Å². The molecule has 0 radical (unpaired) electrons. The van der Waals surface area contributed by atoms with Crippen molar-refractivity contribution in [1.82, 2.24) is 9.55 Å². The molecule has 2 heterocycles. The van der Waals surface area contributed by atoms with Crippen LogP contribution < -0.4 is 0 Å². The maximum absolute atomic E-state index is 5.33. The van der Waals surface area contributed by atoms with Crippen LogP contribution in [0.15, 0.2) is 115 Å². The van der Waals surface area contributed by atoms with Crippen LogP contribution in [0.3, 0.4) is 0 Å². The molecule has 2 heteroatoms. The van der Waals surface area contributed by atoms with Crippen LogP contribution in [0.4, 0.5) is 0 Å². The highest BCUT2D eigenvalue weighted by Gasteiger charge is 2.18. The molecule has 2 aromatic heterocycles. The van der Waals surface area contributed by atoms with E-state index in [-0.39, 0.29) is 0 Å². The van der Waals surface area contributed by atoms with Gasteiger partial charge >= 0.3 is 0 Å². The Labute approximate surface area is 193 Å². The predicted octanol–water partition coefficient (Wildman–Crippen LogP) is 7.88. The van der Waals surface area contributed by atoms with Crippen molar-refractivity contribution in [3.05, 3.63) is 126 Å². The van der Waals surface area contributed by atoms with E-state index in [1.54, 1.807) is 0 Å². The van der Waals surface area contributed by atoms with Gasteiger partial charge in [-0.05, 0) is 36.2 Å². The zero-order valence-electron chi connectivity index (χ0n) is 18.6. The SMILES string of the molecule is Cc1ccc2c(c1)c1nc(-c3ccccc3)c(-c3ccccc3)cc1n2Cc1ccccc1. The van der Waals surface area contributed by atoms with E-state index in [1.165, 1.54) is 27.6 Å². The molecule has 0 aliphatic carbocycles. The van der Waals surface area contributed by atoms with Gasteiger partial charge in [0.2, 0.25) is 0 Å². The monoisotopic (exact) mass is 424 g/mol. The number of aryl methyl sites for hydroxylation is 1. The normalized spacial score (nSPS) is 11.3. The number of aromatic nitrogens is 2. The maximum atomic E-state index is 5.33. The third kappa shape index (κ3) is 3.50. The molecule has 158 valence electrons. The summed E-state index contributed by atoms with van der Waals surface area (Å²) >= 11 is 0. The molecule has 0 aliphatic heterocycles. The molecule has 0 saturated carbocycles. The van der Waals surface area contributed by atoms with Crippen molar-refractivity contribution in [2.24, 2.45) is 0 Å². The number of hydrogen-bond acceptors (Lipinski definition) is 1. The zero-order valence-corrected chi connectivity index (χ0v) is 18.6. The van der Waals surface area contributed by atoms with E-state index in [0.29, 0.717) is 0 Å². The molecule has 6 aromatic rings. The third-order valence-corrected chi connectivity index (χ3v) is 6.31. The van der Waals surface area contributed by atoms with E-state index in [1.807, 2.05) is 0 Å². The molecular formula is C31H24N2. The fourth-order valence-corrected chi connectivity index (χ4v) is 4.70. The first-order valence-corrected chi connectivity index (χ1v) is 11.4. The van der Waals surface area contributed by atoms with E-state index in [9.17, 15) is 0 Å². The molecule has 0 unspecified atom stereocenters. The van der Waals surface area contributed by atoms with Crippen LogP contribution in [0.5, 0.6) is 0 Å². The highest BCUT2D eigenvalue weighted by Crippen LogP contribution is 2.37. The lowest BCUT2D eigenvalue weighted by Gasteiger charge is -2.12. The first kappa shape index (κ1) is 19.5. The molecule has 6 rings (SSSR count). The Kier molecular flexibility index (Phi) is 4.77. The van der Waals surface area contributed by atoms with Gasteiger partial charge in [-0.3, -0.25) is 0 Å². The molecule has 33 heavy (non-hydrogen) atoms. The van der Waals surface area contributed by atoms with Gasteiger partial charge in [-0.2, -0.15) is 0 Å². The molecule has 0 atom stereocenters. The summed E-state index contributed by atoms with van der Waals surface area (Å²) in [6.45, 7) is 2.96. The number of fused-ring (bicyclic) bond motifs is 3.